The van der Waals surface area contributed by atoms with Crippen LogP contribution >= 0.6 is 11.8 Å². The lowest BCUT2D eigenvalue weighted by molar-refractivity contribution is -0.127. The monoisotopic (exact) mass is 419 g/mol. The first-order valence-electron chi connectivity index (χ1n) is 8.64. The molecule has 152 valence electrons. The molecule has 2 aromatic heterocycles. The number of nitrogens with zero attached hydrogens (tertiary/aromatic N) is 5. The molecule has 0 unspecified atom stereocenters. The van der Waals surface area contributed by atoms with Crippen LogP contribution in [-0.2, 0) is 18.4 Å². The Kier molecular flexibility index (Phi) is 6.76. The average Bonchev–Trinajstić information content (AvgIpc) is 3.08. The van der Waals surface area contributed by atoms with Crippen molar-refractivity contribution in [1.82, 2.24) is 24.6 Å². The average molecular weight is 419 g/mol. The van der Waals surface area contributed by atoms with Gasteiger partial charge in [-0.1, -0.05) is 23.9 Å². The summed E-state index contributed by atoms with van der Waals surface area (Å²) in [5.74, 6) is 0.864. The van der Waals surface area contributed by atoms with E-state index in [0.29, 0.717) is 17.5 Å². The largest absolute Gasteiger partial charge is 0.435 e. The van der Waals surface area contributed by atoms with Gasteiger partial charge in [0.1, 0.15) is 5.75 Å². The Hall–Kier alpha value is -3.01. The van der Waals surface area contributed by atoms with Crippen LogP contribution in [0, 0.1) is 0 Å². The van der Waals surface area contributed by atoms with Gasteiger partial charge in [-0.2, -0.15) is 8.78 Å². The molecule has 0 saturated carbocycles. The van der Waals surface area contributed by atoms with Crippen LogP contribution in [0.2, 0.25) is 0 Å². The molecule has 0 aliphatic heterocycles. The Morgan fingerprint density at radius 3 is 2.66 bits per heavy atom. The molecule has 0 aliphatic carbocycles. The van der Waals surface area contributed by atoms with E-state index in [4.69, 9.17) is 0 Å². The molecule has 29 heavy (non-hydrogen) atoms. The van der Waals surface area contributed by atoms with Gasteiger partial charge in [0.2, 0.25) is 5.91 Å². The number of carbonyl (C=O) groups excluding carboxylic acids is 1. The number of carbonyl (C=O) groups is 1. The Labute approximate surface area is 170 Å². The Morgan fingerprint density at radius 2 is 2.00 bits per heavy atom. The van der Waals surface area contributed by atoms with Gasteiger partial charge in [0, 0.05) is 38.6 Å². The second-order valence-electron chi connectivity index (χ2n) is 6.17. The molecule has 0 spiro atoms. The van der Waals surface area contributed by atoms with Crippen LogP contribution in [0.15, 0.2) is 53.9 Å². The molecule has 1 aromatic carbocycles. The van der Waals surface area contributed by atoms with Crippen LogP contribution in [-0.4, -0.2) is 50.0 Å². The summed E-state index contributed by atoms with van der Waals surface area (Å²) in [6, 6.07) is 9.92. The molecule has 10 heteroatoms. The molecule has 0 fully saturated rings. The molecule has 0 N–H and O–H groups in total. The predicted octanol–water partition coefficient (Wildman–Crippen LogP) is 3.23. The molecule has 0 bridgehead atoms. The van der Waals surface area contributed by atoms with E-state index < -0.39 is 6.61 Å². The van der Waals surface area contributed by atoms with Gasteiger partial charge >= 0.3 is 6.61 Å². The molecule has 0 atom stereocenters. The molecule has 0 aliphatic rings. The van der Waals surface area contributed by atoms with E-state index in [9.17, 15) is 13.6 Å². The fraction of sp³-hybridized carbons (Fsp3) is 0.263. The van der Waals surface area contributed by atoms with E-state index in [0.717, 1.165) is 11.1 Å². The lowest BCUT2D eigenvalue weighted by Gasteiger charge is -2.17. The molecule has 7 nitrogen and oxygen atoms in total. The highest BCUT2D eigenvalue weighted by Crippen LogP contribution is 2.22. The number of thioether (sulfide) groups is 1. The predicted molar refractivity (Wildman–Crippen MR) is 105 cm³/mol. The number of hydrogen-bond acceptors (Lipinski definition) is 6. The van der Waals surface area contributed by atoms with Crippen molar-refractivity contribution in [3.05, 3.63) is 54.4 Å². The van der Waals surface area contributed by atoms with Gasteiger partial charge in [-0.15, -0.1) is 10.2 Å². The zero-order valence-electron chi connectivity index (χ0n) is 15.8. The first kappa shape index (κ1) is 20.7. The van der Waals surface area contributed by atoms with Gasteiger partial charge in [0.05, 0.1) is 5.75 Å². The molecule has 1 amide bonds. The van der Waals surface area contributed by atoms with Gasteiger partial charge in [-0.3, -0.25) is 9.78 Å². The van der Waals surface area contributed by atoms with Crippen molar-refractivity contribution in [1.29, 1.82) is 0 Å². The molecule has 2 heterocycles. The molecule has 0 radical (unpaired) electrons. The summed E-state index contributed by atoms with van der Waals surface area (Å²) in [4.78, 5) is 18.1. The number of hydrogen-bond donors (Lipinski definition) is 0. The number of pyridine rings is 1. The topological polar surface area (TPSA) is 73.1 Å². The maximum Gasteiger partial charge on any atom is 0.387 e. The smallest absolute Gasteiger partial charge is 0.387 e. The van der Waals surface area contributed by atoms with E-state index in [2.05, 4.69) is 19.9 Å². The molecule has 3 rings (SSSR count). The summed E-state index contributed by atoms with van der Waals surface area (Å²) < 4.78 is 30.5. The quantitative estimate of drug-likeness (QED) is 0.522. The van der Waals surface area contributed by atoms with Crippen LogP contribution in [0.5, 0.6) is 5.75 Å². The van der Waals surface area contributed by atoms with Crippen molar-refractivity contribution in [2.75, 3.05) is 12.8 Å². The van der Waals surface area contributed by atoms with Crippen LogP contribution in [0.3, 0.4) is 0 Å². The summed E-state index contributed by atoms with van der Waals surface area (Å²) in [7, 11) is 3.52. The lowest BCUT2D eigenvalue weighted by atomic mass is 10.2. The van der Waals surface area contributed by atoms with E-state index in [1.807, 2.05) is 23.7 Å². The van der Waals surface area contributed by atoms with E-state index in [-0.39, 0.29) is 17.4 Å². The van der Waals surface area contributed by atoms with Gasteiger partial charge in [-0.25, -0.2) is 0 Å². The molecular weight excluding hydrogens is 400 g/mol. The van der Waals surface area contributed by atoms with E-state index in [1.165, 1.54) is 23.9 Å². The van der Waals surface area contributed by atoms with Crippen LogP contribution in [0.1, 0.15) is 5.56 Å². The number of halogens is 2. The summed E-state index contributed by atoms with van der Waals surface area (Å²) in [5.41, 5.74) is 1.65. The standard InChI is InChI=1S/C19H19F2N5O2S/c1-25(11-13-5-7-15(8-6-13)28-18(20)21)16(27)12-29-19-24-23-17(26(19)2)14-4-3-9-22-10-14/h3-10,18H,11-12H2,1-2H3. The normalized spacial score (nSPS) is 10.9. The zero-order chi connectivity index (χ0) is 20.8. The van der Waals surface area contributed by atoms with E-state index in [1.54, 1.807) is 36.5 Å². The summed E-state index contributed by atoms with van der Waals surface area (Å²) in [5, 5.41) is 8.93. The SMILES string of the molecule is CN(Cc1ccc(OC(F)F)cc1)C(=O)CSc1nnc(-c2cccnc2)n1C. The fourth-order valence-electron chi connectivity index (χ4n) is 2.56. The third-order valence-corrected chi connectivity index (χ3v) is 5.08. The summed E-state index contributed by atoms with van der Waals surface area (Å²) in [6.45, 7) is -2.50. The Bertz CT molecular complexity index is 951. The van der Waals surface area contributed by atoms with Gasteiger partial charge < -0.3 is 14.2 Å². The fourth-order valence-corrected chi connectivity index (χ4v) is 3.41. The highest BCUT2D eigenvalue weighted by Gasteiger charge is 2.15. The third-order valence-electron chi connectivity index (χ3n) is 4.07. The highest BCUT2D eigenvalue weighted by atomic mass is 32.2. The summed E-state index contributed by atoms with van der Waals surface area (Å²) >= 11 is 1.29. The second-order valence-corrected chi connectivity index (χ2v) is 7.11. The number of ether oxygens (including phenoxy) is 1. The van der Waals surface area contributed by atoms with Gasteiger partial charge in [-0.05, 0) is 29.8 Å². The molecule has 3 aromatic rings. The van der Waals surface area contributed by atoms with Gasteiger partial charge in [0.25, 0.3) is 0 Å². The van der Waals surface area contributed by atoms with Crippen molar-refractivity contribution in [3.63, 3.8) is 0 Å². The minimum atomic E-state index is -2.86. The molecular formula is C19H19F2N5O2S. The second kappa shape index (κ2) is 9.46. The van der Waals surface area contributed by atoms with E-state index >= 15 is 0 Å². The number of amides is 1. The van der Waals surface area contributed by atoms with Crippen molar-refractivity contribution in [3.8, 4) is 17.1 Å². The minimum Gasteiger partial charge on any atom is -0.435 e. The number of aromatic nitrogens is 4. The zero-order valence-corrected chi connectivity index (χ0v) is 16.6. The molecule has 0 saturated heterocycles. The maximum absolute atomic E-state index is 12.4. The summed E-state index contributed by atoms with van der Waals surface area (Å²) in [6.07, 6.45) is 3.39. The highest BCUT2D eigenvalue weighted by molar-refractivity contribution is 7.99. The Morgan fingerprint density at radius 1 is 1.24 bits per heavy atom. The lowest BCUT2D eigenvalue weighted by Crippen LogP contribution is -2.27. The van der Waals surface area contributed by atoms with Crippen molar-refractivity contribution >= 4 is 17.7 Å². The first-order chi connectivity index (χ1) is 13.9. The van der Waals surface area contributed by atoms with Gasteiger partial charge in [0.15, 0.2) is 11.0 Å². The van der Waals surface area contributed by atoms with Crippen LogP contribution in [0.25, 0.3) is 11.4 Å². The Balaban J connectivity index is 1.55. The van der Waals surface area contributed by atoms with Crippen molar-refractivity contribution in [2.24, 2.45) is 7.05 Å². The first-order valence-corrected chi connectivity index (χ1v) is 9.63. The maximum atomic E-state index is 12.4. The van der Waals surface area contributed by atoms with Crippen molar-refractivity contribution in [2.45, 2.75) is 18.3 Å². The number of alkyl halides is 2. The number of rotatable bonds is 8. The third kappa shape index (κ3) is 5.50. The van der Waals surface area contributed by atoms with Crippen LogP contribution in [0.4, 0.5) is 8.78 Å². The minimum absolute atomic E-state index is 0.0833. The van der Waals surface area contributed by atoms with Crippen molar-refractivity contribution < 1.29 is 18.3 Å². The van der Waals surface area contributed by atoms with Crippen LogP contribution < -0.4 is 4.74 Å². The number of benzene rings is 1.